The van der Waals surface area contributed by atoms with E-state index in [2.05, 4.69) is 6.58 Å². The average molecular weight is 190 g/mol. The molecule has 0 rings (SSSR count). The van der Waals surface area contributed by atoms with Crippen LogP contribution in [0.15, 0.2) is 12.7 Å². The van der Waals surface area contributed by atoms with Crippen LogP contribution in [-0.4, -0.2) is 19.4 Å². The summed E-state index contributed by atoms with van der Waals surface area (Å²) in [7, 11) is -2.81. The van der Waals surface area contributed by atoms with Crippen molar-refractivity contribution >= 4 is 9.84 Å². The molecule has 72 valence electrons. The van der Waals surface area contributed by atoms with E-state index in [9.17, 15) is 8.42 Å². The van der Waals surface area contributed by atoms with Crippen molar-refractivity contribution < 1.29 is 8.42 Å². The van der Waals surface area contributed by atoms with Gasteiger partial charge in [0.05, 0.1) is 11.0 Å². The molecule has 0 aromatic carbocycles. The Hall–Kier alpha value is -0.310. The Balaban J connectivity index is 3.70. The second-order valence-electron chi connectivity index (χ2n) is 3.20. The SMILES string of the molecule is C=CCCCCS(=O)(=O)C(C)C. The van der Waals surface area contributed by atoms with Gasteiger partial charge in [-0.1, -0.05) is 6.08 Å². The highest BCUT2D eigenvalue weighted by Gasteiger charge is 2.14. The van der Waals surface area contributed by atoms with Crippen LogP contribution < -0.4 is 0 Å². The van der Waals surface area contributed by atoms with Gasteiger partial charge in [-0.25, -0.2) is 8.42 Å². The fourth-order valence-corrected chi connectivity index (χ4v) is 1.91. The summed E-state index contributed by atoms with van der Waals surface area (Å²) < 4.78 is 22.5. The maximum Gasteiger partial charge on any atom is 0.152 e. The molecular weight excluding hydrogens is 172 g/mol. The zero-order valence-corrected chi connectivity index (χ0v) is 8.73. The van der Waals surface area contributed by atoms with Crippen molar-refractivity contribution in [3.8, 4) is 0 Å². The molecule has 0 unspecified atom stereocenters. The first-order valence-corrected chi connectivity index (χ1v) is 6.04. The lowest BCUT2D eigenvalue weighted by atomic mass is 10.2. The molecule has 0 radical (unpaired) electrons. The minimum atomic E-state index is -2.81. The van der Waals surface area contributed by atoms with E-state index in [1.807, 2.05) is 6.08 Å². The number of hydrogen-bond acceptors (Lipinski definition) is 2. The van der Waals surface area contributed by atoms with E-state index in [0.29, 0.717) is 5.75 Å². The van der Waals surface area contributed by atoms with Gasteiger partial charge in [0.15, 0.2) is 9.84 Å². The Morgan fingerprint density at radius 3 is 2.33 bits per heavy atom. The largest absolute Gasteiger partial charge is 0.229 e. The summed E-state index contributed by atoms with van der Waals surface area (Å²) >= 11 is 0. The van der Waals surface area contributed by atoms with Crippen LogP contribution in [0.2, 0.25) is 0 Å². The lowest BCUT2D eigenvalue weighted by Crippen LogP contribution is -2.17. The van der Waals surface area contributed by atoms with Crippen LogP contribution >= 0.6 is 0 Å². The third-order valence-corrected chi connectivity index (χ3v) is 4.10. The van der Waals surface area contributed by atoms with Crippen LogP contribution in [0.4, 0.5) is 0 Å². The van der Waals surface area contributed by atoms with Crippen molar-refractivity contribution in [1.29, 1.82) is 0 Å². The standard InChI is InChI=1S/C9H18O2S/c1-4-5-6-7-8-12(10,11)9(2)3/h4,9H,1,5-8H2,2-3H3. The van der Waals surface area contributed by atoms with Crippen molar-refractivity contribution in [1.82, 2.24) is 0 Å². The van der Waals surface area contributed by atoms with Crippen molar-refractivity contribution in [2.75, 3.05) is 5.75 Å². The summed E-state index contributed by atoms with van der Waals surface area (Å²) in [5.74, 6) is 0.318. The molecule has 0 aliphatic rings. The molecule has 0 amide bonds. The maximum absolute atomic E-state index is 11.3. The van der Waals surface area contributed by atoms with Crippen LogP contribution in [-0.2, 0) is 9.84 Å². The van der Waals surface area contributed by atoms with Crippen LogP contribution in [0, 0.1) is 0 Å². The smallest absolute Gasteiger partial charge is 0.152 e. The Morgan fingerprint density at radius 1 is 1.33 bits per heavy atom. The quantitative estimate of drug-likeness (QED) is 0.475. The molecule has 0 aromatic rings. The predicted molar refractivity (Wildman–Crippen MR) is 53.0 cm³/mol. The molecule has 0 aliphatic carbocycles. The molecule has 0 atom stereocenters. The third kappa shape index (κ3) is 4.54. The molecule has 0 saturated carbocycles. The molecule has 0 saturated heterocycles. The van der Waals surface area contributed by atoms with E-state index >= 15 is 0 Å². The average Bonchev–Trinajstić information content (AvgIpc) is 1.98. The van der Waals surface area contributed by atoms with Gasteiger partial charge in [0, 0.05) is 0 Å². The Bertz CT molecular complexity index is 215. The van der Waals surface area contributed by atoms with E-state index in [1.165, 1.54) is 0 Å². The topological polar surface area (TPSA) is 34.1 Å². The van der Waals surface area contributed by atoms with Gasteiger partial charge in [-0.15, -0.1) is 6.58 Å². The first kappa shape index (κ1) is 11.7. The molecular formula is C9H18O2S. The third-order valence-electron chi connectivity index (χ3n) is 1.81. The number of hydrogen-bond donors (Lipinski definition) is 0. The Labute approximate surface area is 75.6 Å². The summed E-state index contributed by atoms with van der Waals surface area (Å²) in [5.41, 5.74) is 0. The van der Waals surface area contributed by atoms with E-state index in [1.54, 1.807) is 13.8 Å². The zero-order chi connectivity index (χ0) is 9.61. The Morgan fingerprint density at radius 2 is 1.92 bits per heavy atom. The summed E-state index contributed by atoms with van der Waals surface area (Å²) in [5, 5.41) is -0.235. The summed E-state index contributed by atoms with van der Waals surface area (Å²) in [6.45, 7) is 7.03. The summed E-state index contributed by atoms with van der Waals surface area (Å²) in [4.78, 5) is 0. The van der Waals surface area contributed by atoms with E-state index < -0.39 is 9.84 Å². The van der Waals surface area contributed by atoms with Crippen LogP contribution in [0.25, 0.3) is 0 Å². The maximum atomic E-state index is 11.3. The fourth-order valence-electron chi connectivity index (χ4n) is 0.828. The predicted octanol–water partition coefficient (Wildman–Crippen LogP) is 2.17. The molecule has 0 fully saturated rings. The second-order valence-corrected chi connectivity index (χ2v) is 5.88. The monoisotopic (exact) mass is 190 g/mol. The number of unbranched alkanes of at least 4 members (excludes halogenated alkanes) is 2. The van der Waals surface area contributed by atoms with Gasteiger partial charge in [0.25, 0.3) is 0 Å². The molecule has 2 nitrogen and oxygen atoms in total. The van der Waals surface area contributed by atoms with Gasteiger partial charge in [-0.3, -0.25) is 0 Å². The van der Waals surface area contributed by atoms with E-state index in [4.69, 9.17) is 0 Å². The van der Waals surface area contributed by atoms with Crippen molar-refractivity contribution in [3.63, 3.8) is 0 Å². The van der Waals surface area contributed by atoms with Crippen LogP contribution in [0.3, 0.4) is 0 Å². The molecule has 3 heteroatoms. The van der Waals surface area contributed by atoms with E-state index in [-0.39, 0.29) is 5.25 Å². The number of rotatable bonds is 6. The van der Waals surface area contributed by atoms with Gasteiger partial charge in [0.2, 0.25) is 0 Å². The number of sulfone groups is 1. The molecule has 0 N–H and O–H groups in total. The van der Waals surface area contributed by atoms with Crippen LogP contribution in [0.1, 0.15) is 33.1 Å². The van der Waals surface area contributed by atoms with Gasteiger partial charge in [-0.05, 0) is 33.1 Å². The van der Waals surface area contributed by atoms with Crippen molar-refractivity contribution in [2.24, 2.45) is 0 Å². The lowest BCUT2D eigenvalue weighted by Gasteiger charge is -2.05. The molecule has 0 aliphatic heterocycles. The first-order valence-electron chi connectivity index (χ1n) is 4.33. The normalized spacial score (nSPS) is 11.9. The highest BCUT2D eigenvalue weighted by atomic mass is 32.2. The minimum absolute atomic E-state index is 0.235. The molecule has 0 bridgehead atoms. The van der Waals surface area contributed by atoms with Crippen molar-refractivity contribution in [3.05, 3.63) is 12.7 Å². The van der Waals surface area contributed by atoms with Gasteiger partial charge < -0.3 is 0 Å². The molecule has 0 heterocycles. The van der Waals surface area contributed by atoms with Gasteiger partial charge in [-0.2, -0.15) is 0 Å². The fraction of sp³-hybridized carbons (Fsp3) is 0.778. The molecule has 12 heavy (non-hydrogen) atoms. The van der Waals surface area contributed by atoms with Gasteiger partial charge in [0.1, 0.15) is 0 Å². The molecule has 0 aromatic heterocycles. The molecule has 0 spiro atoms. The highest BCUT2D eigenvalue weighted by molar-refractivity contribution is 7.91. The number of allylic oxidation sites excluding steroid dienone is 1. The second kappa shape index (κ2) is 5.36. The van der Waals surface area contributed by atoms with Gasteiger partial charge >= 0.3 is 0 Å². The highest BCUT2D eigenvalue weighted by Crippen LogP contribution is 2.05. The van der Waals surface area contributed by atoms with Crippen molar-refractivity contribution in [2.45, 2.75) is 38.4 Å². The zero-order valence-electron chi connectivity index (χ0n) is 7.91. The first-order chi connectivity index (χ1) is 5.50. The summed E-state index contributed by atoms with van der Waals surface area (Å²) in [6.07, 6.45) is 4.41. The van der Waals surface area contributed by atoms with Crippen LogP contribution in [0.5, 0.6) is 0 Å². The minimum Gasteiger partial charge on any atom is -0.229 e. The lowest BCUT2D eigenvalue weighted by molar-refractivity contribution is 0.583. The Kier molecular flexibility index (Phi) is 5.22. The summed E-state index contributed by atoms with van der Waals surface area (Å²) in [6, 6.07) is 0. The van der Waals surface area contributed by atoms with E-state index in [0.717, 1.165) is 19.3 Å².